The van der Waals surface area contributed by atoms with E-state index in [4.69, 9.17) is 11.6 Å². The monoisotopic (exact) mass is 368 g/mol. The highest BCUT2D eigenvalue weighted by molar-refractivity contribution is 6.30. The van der Waals surface area contributed by atoms with E-state index in [1.165, 1.54) is 0 Å². The predicted octanol–water partition coefficient (Wildman–Crippen LogP) is 1.84. The van der Waals surface area contributed by atoms with Crippen LogP contribution in [0.3, 0.4) is 0 Å². The summed E-state index contributed by atoms with van der Waals surface area (Å²) in [7, 11) is 0. The van der Waals surface area contributed by atoms with E-state index in [1.54, 1.807) is 0 Å². The molecule has 6 heteroatoms. The average Bonchev–Trinajstić information content (AvgIpc) is 2.58. The van der Waals surface area contributed by atoms with Crippen LogP contribution in [-0.4, -0.2) is 59.9 Å². The molecule has 0 radical (unpaired) electrons. The number of rotatable bonds is 8. The molecular formula is C19H29ClN2O3. The van der Waals surface area contributed by atoms with Crippen molar-refractivity contribution in [2.45, 2.75) is 38.7 Å². The van der Waals surface area contributed by atoms with Crippen molar-refractivity contribution in [1.82, 2.24) is 10.2 Å². The number of halogens is 1. The number of amides is 1. The van der Waals surface area contributed by atoms with Gasteiger partial charge in [-0.05, 0) is 37.0 Å². The molecule has 0 saturated carbocycles. The van der Waals surface area contributed by atoms with Crippen LogP contribution in [0, 0.1) is 5.41 Å². The maximum absolute atomic E-state index is 12.2. The van der Waals surface area contributed by atoms with Gasteiger partial charge in [0.1, 0.15) is 0 Å². The van der Waals surface area contributed by atoms with Crippen LogP contribution in [0.5, 0.6) is 0 Å². The SMILES string of the molecule is CCC[C@@]1(CO)CN(CC(=O)NCCc2cccc(Cl)c2)CC[C@H]1O. The van der Waals surface area contributed by atoms with Gasteiger partial charge in [0.15, 0.2) is 0 Å². The van der Waals surface area contributed by atoms with E-state index in [1.807, 2.05) is 36.1 Å². The summed E-state index contributed by atoms with van der Waals surface area (Å²) in [5.74, 6) is -0.0262. The zero-order valence-corrected chi connectivity index (χ0v) is 15.6. The first-order chi connectivity index (χ1) is 12.0. The average molecular weight is 369 g/mol. The smallest absolute Gasteiger partial charge is 0.234 e. The van der Waals surface area contributed by atoms with Gasteiger partial charge in [0.05, 0.1) is 19.3 Å². The molecule has 1 fully saturated rings. The van der Waals surface area contributed by atoms with Crippen molar-refractivity contribution in [3.63, 3.8) is 0 Å². The van der Waals surface area contributed by atoms with Crippen LogP contribution in [0.15, 0.2) is 24.3 Å². The van der Waals surface area contributed by atoms with Crippen LogP contribution in [0.4, 0.5) is 0 Å². The molecule has 0 spiro atoms. The molecule has 2 rings (SSSR count). The van der Waals surface area contributed by atoms with Crippen molar-refractivity contribution in [3.05, 3.63) is 34.9 Å². The summed E-state index contributed by atoms with van der Waals surface area (Å²) in [6, 6.07) is 7.63. The van der Waals surface area contributed by atoms with E-state index in [-0.39, 0.29) is 12.5 Å². The fourth-order valence-corrected chi connectivity index (χ4v) is 3.86. The molecule has 1 aliphatic rings. The number of hydrogen-bond acceptors (Lipinski definition) is 4. The number of hydrogen-bond donors (Lipinski definition) is 3. The molecule has 25 heavy (non-hydrogen) atoms. The fourth-order valence-electron chi connectivity index (χ4n) is 3.65. The number of aliphatic hydroxyl groups excluding tert-OH is 2. The predicted molar refractivity (Wildman–Crippen MR) is 99.7 cm³/mol. The van der Waals surface area contributed by atoms with Gasteiger partial charge in [-0.3, -0.25) is 9.69 Å². The number of benzene rings is 1. The molecule has 0 bridgehead atoms. The zero-order chi connectivity index (χ0) is 18.3. The number of carbonyl (C=O) groups excluding carboxylic acids is 1. The normalized spacial score (nSPS) is 24.2. The zero-order valence-electron chi connectivity index (χ0n) is 14.9. The molecule has 1 saturated heterocycles. The lowest BCUT2D eigenvalue weighted by molar-refractivity contribution is -0.126. The Morgan fingerprint density at radius 1 is 1.48 bits per heavy atom. The molecule has 1 aromatic carbocycles. The Morgan fingerprint density at radius 3 is 2.96 bits per heavy atom. The van der Waals surface area contributed by atoms with Crippen LogP contribution in [0.1, 0.15) is 31.7 Å². The molecule has 0 aromatic heterocycles. The first kappa shape index (κ1) is 20.2. The van der Waals surface area contributed by atoms with E-state index >= 15 is 0 Å². The second-order valence-electron chi connectivity index (χ2n) is 7.02. The van der Waals surface area contributed by atoms with E-state index in [0.717, 1.165) is 24.8 Å². The van der Waals surface area contributed by atoms with Crippen LogP contribution >= 0.6 is 11.6 Å². The molecule has 3 N–H and O–H groups in total. The Kier molecular flexibility index (Phi) is 7.69. The van der Waals surface area contributed by atoms with Crippen molar-refractivity contribution >= 4 is 17.5 Å². The third-order valence-corrected chi connectivity index (χ3v) is 5.25. The van der Waals surface area contributed by atoms with Crippen LogP contribution in [-0.2, 0) is 11.2 Å². The van der Waals surface area contributed by atoms with Gasteiger partial charge in [-0.1, -0.05) is 37.1 Å². The maximum Gasteiger partial charge on any atom is 0.234 e. The Labute approximate surface area is 155 Å². The number of carbonyl (C=O) groups is 1. The Morgan fingerprint density at radius 2 is 2.28 bits per heavy atom. The summed E-state index contributed by atoms with van der Waals surface area (Å²) >= 11 is 5.96. The van der Waals surface area contributed by atoms with E-state index in [9.17, 15) is 15.0 Å². The summed E-state index contributed by atoms with van der Waals surface area (Å²) in [6.45, 7) is 4.10. The molecule has 1 amide bonds. The molecule has 0 aliphatic carbocycles. The molecule has 1 heterocycles. The summed E-state index contributed by atoms with van der Waals surface area (Å²) in [6.07, 6.45) is 2.49. The third kappa shape index (κ3) is 5.68. The number of nitrogens with zero attached hydrogens (tertiary/aromatic N) is 1. The first-order valence-corrected chi connectivity index (χ1v) is 9.39. The minimum Gasteiger partial charge on any atom is -0.396 e. The Bertz CT molecular complexity index is 569. The van der Waals surface area contributed by atoms with Crippen molar-refractivity contribution in [1.29, 1.82) is 0 Å². The van der Waals surface area contributed by atoms with Crippen LogP contribution in [0.25, 0.3) is 0 Å². The van der Waals surface area contributed by atoms with Crippen LogP contribution in [0.2, 0.25) is 5.02 Å². The fraction of sp³-hybridized carbons (Fsp3) is 0.632. The summed E-state index contributed by atoms with van der Waals surface area (Å²) in [4.78, 5) is 14.2. The molecule has 0 unspecified atom stereocenters. The minimum absolute atomic E-state index is 0.0262. The van der Waals surface area contributed by atoms with Gasteiger partial charge < -0.3 is 15.5 Å². The number of piperidine rings is 1. The van der Waals surface area contributed by atoms with Gasteiger partial charge in [-0.2, -0.15) is 0 Å². The largest absolute Gasteiger partial charge is 0.396 e. The Balaban J connectivity index is 1.79. The van der Waals surface area contributed by atoms with Crippen molar-refractivity contribution < 1.29 is 15.0 Å². The van der Waals surface area contributed by atoms with Crippen molar-refractivity contribution in [3.8, 4) is 0 Å². The second-order valence-corrected chi connectivity index (χ2v) is 7.45. The van der Waals surface area contributed by atoms with Crippen molar-refractivity contribution in [2.75, 3.05) is 32.8 Å². The highest BCUT2D eigenvalue weighted by Crippen LogP contribution is 2.34. The van der Waals surface area contributed by atoms with Crippen LogP contribution < -0.4 is 5.32 Å². The quantitative estimate of drug-likeness (QED) is 0.654. The summed E-state index contributed by atoms with van der Waals surface area (Å²) in [5, 5.41) is 23.7. The van der Waals surface area contributed by atoms with E-state index in [0.29, 0.717) is 37.6 Å². The van der Waals surface area contributed by atoms with Gasteiger partial charge in [-0.25, -0.2) is 0 Å². The lowest BCUT2D eigenvalue weighted by Crippen LogP contribution is -2.55. The Hall–Kier alpha value is -1.14. The first-order valence-electron chi connectivity index (χ1n) is 9.01. The lowest BCUT2D eigenvalue weighted by atomic mass is 9.74. The highest BCUT2D eigenvalue weighted by Gasteiger charge is 2.41. The van der Waals surface area contributed by atoms with E-state index in [2.05, 4.69) is 5.32 Å². The molecular weight excluding hydrogens is 340 g/mol. The van der Waals surface area contributed by atoms with Gasteiger partial charge in [0, 0.05) is 30.1 Å². The minimum atomic E-state index is -0.506. The summed E-state index contributed by atoms with van der Waals surface area (Å²) in [5.41, 5.74) is 0.588. The van der Waals surface area contributed by atoms with Gasteiger partial charge in [0.25, 0.3) is 0 Å². The molecule has 1 aliphatic heterocycles. The molecule has 2 atom stereocenters. The molecule has 1 aromatic rings. The third-order valence-electron chi connectivity index (χ3n) is 5.02. The highest BCUT2D eigenvalue weighted by atomic mass is 35.5. The van der Waals surface area contributed by atoms with Gasteiger partial charge >= 0.3 is 0 Å². The second kappa shape index (κ2) is 9.53. The standard InChI is InChI=1S/C19H29ClN2O3/c1-2-8-19(14-23)13-22(10-7-17(19)24)12-18(25)21-9-6-15-4-3-5-16(20)11-15/h3-5,11,17,23-24H,2,6-10,12-14H2,1H3,(H,21,25)/t17-,19+/m1/s1. The summed E-state index contributed by atoms with van der Waals surface area (Å²) < 4.78 is 0. The number of nitrogens with one attached hydrogen (secondary N) is 1. The molecule has 140 valence electrons. The molecule has 5 nitrogen and oxygen atoms in total. The van der Waals surface area contributed by atoms with Crippen molar-refractivity contribution in [2.24, 2.45) is 5.41 Å². The topological polar surface area (TPSA) is 72.8 Å². The van der Waals surface area contributed by atoms with Gasteiger partial charge in [-0.15, -0.1) is 0 Å². The number of likely N-dealkylation sites (tertiary alicyclic amines) is 1. The number of aliphatic hydroxyl groups is 2. The maximum atomic E-state index is 12.2. The van der Waals surface area contributed by atoms with E-state index < -0.39 is 11.5 Å². The van der Waals surface area contributed by atoms with Gasteiger partial charge in [0.2, 0.25) is 5.91 Å². The lowest BCUT2D eigenvalue weighted by Gasteiger charge is -2.45.